The van der Waals surface area contributed by atoms with E-state index in [1.54, 1.807) is 0 Å². The summed E-state index contributed by atoms with van der Waals surface area (Å²) in [4.78, 5) is 15.5. The van der Waals surface area contributed by atoms with Crippen LogP contribution < -0.4 is 11.1 Å². The number of carbonyl (C=O) groups excluding carboxylic acids is 1. The highest BCUT2D eigenvalue weighted by Gasteiger charge is 2.27. The molecule has 0 aliphatic heterocycles. The number of primary amides is 1. The lowest BCUT2D eigenvalue weighted by atomic mass is 10.2. The standard InChI is InChI=1S/C12H20N4O/c1-8-9(2)16(7-14-8)6-5-11(12(13)17)15-10-3-4-10/h7,10-11,15H,3-6H2,1-2H3,(H2,13,17). The van der Waals surface area contributed by atoms with E-state index in [2.05, 4.69) is 14.9 Å². The van der Waals surface area contributed by atoms with Gasteiger partial charge in [-0.2, -0.15) is 0 Å². The molecule has 17 heavy (non-hydrogen) atoms. The summed E-state index contributed by atoms with van der Waals surface area (Å²) in [7, 11) is 0. The van der Waals surface area contributed by atoms with Crippen molar-refractivity contribution in [1.29, 1.82) is 0 Å². The summed E-state index contributed by atoms with van der Waals surface area (Å²) in [6, 6.07) is 0.280. The third kappa shape index (κ3) is 3.06. The molecule has 5 heteroatoms. The molecule has 1 unspecified atom stereocenters. The molecular weight excluding hydrogens is 216 g/mol. The molecule has 0 spiro atoms. The Labute approximate surface area is 101 Å². The van der Waals surface area contributed by atoms with Gasteiger partial charge in [-0.15, -0.1) is 0 Å². The average Bonchev–Trinajstić information content (AvgIpc) is 3.04. The number of rotatable bonds is 6. The van der Waals surface area contributed by atoms with Crippen LogP contribution in [0.25, 0.3) is 0 Å². The number of nitrogens with one attached hydrogen (secondary N) is 1. The van der Waals surface area contributed by atoms with E-state index in [1.807, 2.05) is 20.2 Å². The smallest absolute Gasteiger partial charge is 0.234 e. The Bertz CT molecular complexity index is 409. The molecule has 1 aliphatic carbocycles. The monoisotopic (exact) mass is 236 g/mol. The van der Waals surface area contributed by atoms with Gasteiger partial charge in [0.05, 0.1) is 18.1 Å². The zero-order chi connectivity index (χ0) is 12.4. The summed E-state index contributed by atoms with van der Waals surface area (Å²) >= 11 is 0. The first-order chi connectivity index (χ1) is 8.08. The van der Waals surface area contributed by atoms with Crippen molar-refractivity contribution >= 4 is 5.91 Å². The van der Waals surface area contributed by atoms with E-state index in [0.717, 1.165) is 37.2 Å². The van der Waals surface area contributed by atoms with Gasteiger partial charge >= 0.3 is 0 Å². The van der Waals surface area contributed by atoms with Gasteiger partial charge < -0.3 is 15.6 Å². The van der Waals surface area contributed by atoms with Crippen molar-refractivity contribution in [3.8, 4) is 0 Å². The maximum absolute atomic E-state index is 11.3. The van der Waals surface area contributed by atoms with Crippen LogP contribution >= 0.6 is 0 Å². The van der Waals surface area contributed by atoms with Crippen molar-refractivity contribution in [2.24, 2.45) is 5.73 Å². The molecule has 5 nitrogen and oxygen atoms in total. The maximum atomic E-state index is 11.3. The van der Waals surface area contributed by atoms with Crippen LogP contribution in [0, 0.1) is 13.8 Å². The first-order valence-electron chi connectivity index (χ1n) is 6.11. The van der Waals surface area contributed by atoms with Crippen LogP contribution in [-0.4, -0.2) is 27.5 Å². The second-order valence-electron chi connectivity index (χ2n) is 4.79. The first-order valence-corrected chi connectivity index (χ1v) is 6.11. The normalized spacial score (nSPS) is 17.1. The molecule has 1 aromatic rings. The molecule has 1 saturated carbocycles. The van der Waals surface area contributed by atoms with E-state index < -0.39 is 0 Å². The average molecular weight is 236 g/mol. The second kappa shape index (κ2) is 4.87. The molecule has 0 saturated heterocycles. The number of hydrogen-bond acceptors (Lipinski definition) is 3. The van der Waals surface area contributed by atoms with Gasteiger partial charge in [0.15, 0.2) is 0 Å². The Morgan fingerprint density at radius 2 is 2.35 bits per heavy atom. The van der Waals surface area contributed by atoms with E-state index >= 15 is 0 Å². The van der Waals surface area contributed by atoms with Gasteiger partial charge in [0.25, 0.3) is 0 Å². The number of amides is 1. The number of nitrogens with two attached hydrogens (primary N) is 1. The van der Waals surface area contributed by atoms with Gasteiger partial charge in [0, 0.05) is 18.3 Å². The predicted octanol–water partition coefficient (Wildman–Crippen LogP) is 0.496. The highest BCUT2D eigenvalue weighted by molar-refractivity contribution is 5.79. The summed E-state index contributed by atoms with van der Waals surface area (Å²) in [6.07, 6.45) is 4.86. The Balaban J connectivity index is 1.90. The highest BCUT2D eigenvalue weighted by atomic mass is 16.1. The van der Waals surface area contributed by atoms with Crippen LogP contribution in [0.3, 0.4) is 0 Å². The highest BCUT2D eigenvalue weighted by Crippen LogP contribution is 2.20. The molecule has 1 aromatic heterocycles. The maximum Gasteiger partial charge on any atom is 0.234 e. The Morgan fingerprint density at radius 3 is 2.82 bits per heavy atom. The van der Waals surface area contributed by atoms with E-state index in [1.165, 1.54) is 0 Å². The molecule has 0 aromatic carbocycles. The summed E-state index contributed by atoms with van der Waals surface area (Å²) in [5.41, 5.74) is 7.58. The molecule has 1 aliphatic rings. The minimum Gasteiger partial charge on any atom is -0.368 e. The van der Waals surface area contributed by atoms with Crippen LogP contribution in [0.4, 0.5) is 0 Å². The van der Waals surface area contributed by atoms with Gasteiger partial charge in [-0.1, -0.05) is 0 Å². The van der Waals surface area contributed by atoms with Crippen molar-refractivity contribution in [2.45, 2.75) is 51.7 Å². The summed E-state index contributed by atoms with van der Waals surface area (Å²) in [6.45, 7) is 4.80. The molecule has 3 N–H and O–H groups in total. The topological polar surface area (TPSA) is 72.9 Å². The summed E-state index contributed by atoms with van der Waals surface area (Å²) in [5.74, 6) is -0.258. The van der Waals surface area contributed by atoms with E-state index in [4.69, 9.17) is 5.73 Å². The predicted molar refractivity (Wildman–Crippen MR) is 65.5 cm³/mol. The van der Waals surface area contributed by atoms with E-state index in [9.17, 15) is 4.79 Å². The van der Waals surface area contributed by atoms with Crippen molar-refractivity contribution in [3.05, 3.63) is 17.7 Å². The zero-order valence-electron chi connectivity index (χ0n) is 10.4. The second-order valence-corrected chi connectivity index (χ2v) is 4.79. The van der Waals surface area contributed by atoms with Crippen molar-refractivity contribution in [1.82, 2.24) is 14.9 Å². The quantitative estimate of drug-likeness (QED) is 0.755. The van der Waals surface area contributed by atoms with Crippen LogP contribution in [0.5, 0.6) is 0 Å². The number of aryl methyl sites for hydroxylation is 2. The Kier molecular flexibility index (Phi) is 3.47. The molecular formula is C12H20N4O. The number of imidazole rings is 1. The lowest BCUT2D eigenvalue weighted by molar-refractivity contribution is -0.120. The molecule has 2 rings (SSSR count). The van der Waals surface area contributed by atoms with Crippen LogP contribution in [-0.2, 0) is 11.3 Å². The molecule has 1 fully saturated rings. The van der Waals surface area contributed by atoms with Gasteiger partial charge in [-0.3, -0.25) is 4.79 Å². The van der Waals surface area contributed by atoms with Crippen LogP contribution in [0.2, 0.25) is 0 Å². The number of nitrogens with zero attached hydrogens (tertiary/aromatic N) is 2. The number of aromatic nitrogens is 2. The van der Waals surface area contributed by atoms with Crippen LogP contribution in [0.15, 0.2) is 6.33 Å². The minimum absolute atomic E-state index is 0.218. The minimum atomic E-state index is -0.258. The fourth-order valence-corrected chi connectivity index (χ4v) is 1.88. The molecule has 1 heterocycles. The number of carbonyl (C=O) groups is 1. The lowest BCUT2D eigenvalue weighted by Gasteiger charge is -2.15. The molecule has 1 amide bonds. The fraction of sp³-hybridized carbons (Fsp3) is 0.667. The molecule has 94 valence electrons. The largest absolute Gasteiger partial charge is 0.368 e. The lowest BCUT2D eigenvalue weighted by Crippen LogP contribution is -2.43. The molecule has 1 atom stereocenters. The van der Waals surface area contributed by atoms with Crippen LogP contribution in [0.1, 0.15) is 30.7 Å². The third-order valence-corrected chi connectivity index (χ3v) is 3.36. The SMILES string of the molecule is Cc1ncn(CCC(NC2CC2)C(N)=O)c1C. The van der Waals surface area contributed by atoms with Gasteiger partial charge in [0.2, 0.25) is 5.91 Å². The van der Waals surface area contributed by atoms with Crippen molar-refractivity contribution < 1.29 is 4.79 Å². The zero-order valence-corrected chi connectivity index (χ0v) is 10.4. The van der Waals surface area contributed by atoms with Crippen molar-refractivity contribution in [2.75, 3.05) is 0 Å². The van der Waals surface area contributed by atoms with E-state index in [0.29, 0.717) is 6.04 Å². The Morgan fingerprint density at radius 1 is 1.65 bits per heavy atom. The fourth-order valence-electron chi connectivity index (χ4n) is 1.88. The molecule has 0 bridgehead atoms. The van der Waals surface area contributed by atoms with Gasteiger partial charge in [-0.05, 0) is 33.1 Å². The first kappa shape index (κ1) is 12.1. The van der Waals surface area contributed by atoms with E-state index in [-0.39, 0.29) is 11.9 Å². The molecule has 0 radical (unpaired) electrons. The van der Waals surface area contributed by atoms with Gasteiger partial charge in [-0.25, -0.2) is 4.98 Å². The number of hydrogen-bond donors (Lipinski definition) is 2. The van der Waals surface area contributed by atoms with Crippen molar-refractivity contribution in [3.63, 3.8) is 0 Å². The summed E-state index contributed by atoms with van der Waals surface area (Å²) < 4.78 is 2.07. The van der Waals surface area contributed by atoms with Gasteiger partial charge in [0.1, 0.15) is 0 Å². The Hall–Kier alpha value is -1.36. The summed E-state index contributed by atoms with van der Waals surface area (Å²) in [5, 5.41) is 3.28. The third-order valence-electron chi connectivity index (χ3n) is 3.36.